The molecule has 134 valence electrons. The number of halogens is 1. The normalized spacial score (nSPS) is 13.8. The zero-order valence-corrected chi connectivity index (χ0v) is 15.6. The lowest BCUT2D eigenvalue weighted by molar-refractivity contribution is -0.00824. The fourth-order valence-electron chi connectivity index (χ4n) is 1.87. The minimum Gasteiger partial charge on any atom is -0.459 e. The lowest BCUT2D eigenvalue weighted by Crippen LogP contribution is -2.25. The molecular formula is C18H25ClO5. The summed E-state index contributed by atoms with van der Waals surface area (Å²) >= 11 is 5.78. The van der Waals surface area contributed by atoms with E-state index in [4.69, 9.17) is 25.8 Å². The van der Waals surface area contributed by atoms with Crippen molar-refractivity contribution in [3.8, 4) is 0 Å². The quantitative estimate of drug-likeness (QED) is 0.681. The van der Waals surface area contributed by atoms with Gasteiger partial charge in [0.05, 0.1) is 12.2 Å². The SMILES string of the molecule is CC(CC(C)OC(=O)c1ccc(Cl)cc1)OC(=O)OCC(C)(C)C. The minimum absolute atomic E-state index is 0.121. The summed E-state index contributed by atoms with van der Waals surface area (Å²) in [5.74, 6) is -0.443. The second kappa shape index (κ2) is 8.92. The van der Waals surface area contributed by atoms with Gasteiger partial charge in [0.15, 0.2) is 0 Å². The predicted molar refractivity (Wildman–Crippen MR) is 92.3 cm³/mol. The zero-order chi connectivity index (χ0) is 18.3. The highest BCUT2D eigenvalue weighted by atomic mass is 35.5. The monoisotopic (exact) mass is 356 g/mol. The molecule has 1 aromatic rings. The average Bonchev–Trinajstić information content (AvgIpc) is 2.44. The molecule has 0 saturated carbocycles. The average molecular weight is 357 g/mol. The highest BCUT2D eigenvalue weighted by Gasteiger charge is 2.20. The largest absolute Gasteiger partial charge is 0.508 e. The van der Waals surface area contributed by atoms with Crippen LogP contribution in [-0.4, -0.2) is 30.9 Å². The molecule has 0 aliphatic carbocycles. The van der Waals surface area contributed by atoms with Crippen molar-refractivity contribution in [3.05, 3.63) is 34.9 Å². The van der Waals surface area contributed by atoms with Gasteiger partial charge in [0, 0.05) is 11.4 Å². The van der Waals surface area contributed by atoms with E-state index in [1.54, 1.807) is 38.1 Å². The second-order valence-corrected chi connectivity index (χ2v) is 7.42. The van der Waals surface area contributed by atoms with Crippen LogP contribution in [-0.2, 0) is 14.2 Å². The van der Waals surface area contributed by atoms with Crippen molar-refractivity contribution in [1.29, 1.82) is 0 Å². The van der Waals surface area contributed by atoms with Crippen molar-refractivity contribution in [2.45, 2.75) is 53.2 Å². The Balaban J connectivity index is 2.38. The van der Waals surface area contributed by atoms with Gasteiger partial charge >= 0.3 is 12.1 Å². The van der Waals surface area contributed by atoms with Crippen LogP contribution in [0.25, 0.3) is 0 Å². The summed E-state index contributed by atoms with van der Waals surface area (Å²) in [5, 5.41) is 0.551. The van der Waals surface area contributed by atoms with Crippen LogP contribution in [0.1, 0.15) is 51.4 Å². The van der Waals surface area contributed by atoms with Gasteiger partial charge in [0.1, 0.15) is 12.2 Å². The van der Waals surface area contributed by atoms with E-state index in [1.165, 1.54) is 0 Å². The van der Waals surface area contributed by atoms with Gasteiger partial charge in [-0.25, -0.2) is 9.59 Å². The number of hydrogen-bond acceptors (Lipinski definition) is 5. The Labute approximate surface area is 148 Å². The second-order valence-electron chi connectivity index (χ2n) is 6.99. The maximum atomic E-state index is 12.0. The Morgan fingerprint density at radius 1 is 1.04 bits per heavy atom. The molecule has 0 heterocycles. The number of benzene rings is 1. The van der Waals surface area contributed by atoms with E-state index in [9.17, 15) is 9.59 Å². The lowest BCUT2D eigenvalue weighted by Gasteiger charge is -2.21. The van der Waals surface area contributed by atoms with Crippen molar-refractivity contribution in [3.63, 3.8) is 0 Å². The highest BCUT2D eigenvalue weighted by Crippen LogP contribution is 2.15. The fraction of sp³-hybridized carbons (Fsp3) is 0.556. The Kier molecular flexibility index (Phi) is 7.55. The van der Waals surface area contributed by atoms with E-state index in [0.29, 0.717) is 17.0 Å². The molecule has 0 fully saturated rings. The Bertz CT molecular complexity index is 548. The topological polar surface area (TPSA) is 61.8 Å². The van der Waals surface area contributed by atoms with Crippen LogP contribution in [0.3, 0.4) is 0 Å². The van der Waals surface area contributed by atoms with Crippen molar-refractivity contribution in [2.24, 2.45) is 5.41 Å². The molecule has 0 N–H and O–H groups in total. The van der Waals surface area contributed by atoms with Gasteiger partial charge in [-0.1, -0.05) is 32.4 Å². The molecule has 24 heavy (non-hydrogen) atoms. The Morgan fingerprint density at radius 2 is 1.58 bits per heavy atom. The van der Waals surface area contributed by atoms with Gasteiger partial charge in [-0.3, -0.25) is 0 Å². The predicted octanol–water partition coefficient (Wildman–Crippen LogP) is 4.86. The summed E-state index contributed by atoms with van der Waals surface area (Å²) < 4.78 is 15.5. The summed E-state index contributed by atoms with van der Waals surface area (Å²) in [6.07, 6.45) is -1.16. The number of hydrogen-bond donors (Lipinski definition) is 0. The molecule has 0 aromatic heterocycles. The minimum atomic E-state index is -0.714. The Hall–Kier alpha value is -1.75. The number of ether oxygens (including phenoxy) is 3. The number of carbonyl (C=O) groups is 2. The van der Waals surface area contributed by atoms with Crippen LogP contribution < -0.4 is 0 Å². The van der Waals surface area contributed by atoms with E-state index >= 15 is 0 Å². The smallest absolute Gasteiger partial charge is 0.459 e. The summed E-state index contributed by atoms with van der Waals surface area (Å²) in [7, 11) is 0. The van der Waals surface area contributed by atoms with Crippen molar-refractivity contribution < 1.29 is 23.8 Å². The number of esters is 1. The molecular weight excluding hydrogens is 332 g/mol. The zero-order valence-electron chi connectivity index (χ0n) is 14.8. The molecule has 2 atom stereocenters. The summed E-state index contributed by atoms with van der Waals surface area (Å²) in [6, 6.07) is 6.45. The lowest BCUT2D eigenvalue weighted by atomic mass is 9.99. The fourth-order valence-corrected chi connectivity index (χ4v) is 2.00. The number of carbonyl (C=O) groups excluding carboxylic acids is 2. The van der Waals surface area contributed by atoms with E-state index in [-0.39, 0.29) is 12.0 Å². The van der Waals surface area contributed by atoms with Gasteiger partial charge in [0.2, 0.25) is 0 Å². The van der Waals surface area contributed by atoms with Crippen LogP contribution in [0, 0.1) is 5.41 Å². The molecule has 0 aliphatic rings. The van der Waals surface area contributed by atoms with Gasteiger partial charge in [-0.05, 0) is 43.5 Å². The molecule has 0 spiro atoms. The summed E-state index contributed by atoms with van der Waals surface area (Å²) in [4.78, 5) is 23.6. The van der Waals surface area contributed by atoms with E-state index in [0.717, 1.165) is 0 Å². The van der Waals surface area contributed by atoms with Crippen LogP contribution in [0.2, 0.25) is 5.02 Å². The first-order valence-electron chi connectivity index (χ1n) is 7.87. The molecule has 0 bridgehead atoms. The van der Waals surface area contributed by atoms with Crippen LogP contribution >= 0.6 is 11.6 Å². The van der Waals surface area contributed by atoms with Gasteiger partial charge in [0.25, 0.3) is 0 Å². The molecule has 0 radical (unpaired) electrons. The third-order valence-electron chi connectivity index (χ3n) is 2.97. The molecule has 0 amide bonds. The maximum Gasteiger partial charge on any atom is 0.508 e. The molecule has 2 unspecified atom stereocenters. The third kappa shape index (κ3) is 8.20. The van der Waals surface area contributed by atoms with E-state index in [2.05, 4.69) is 0 Å². The molecule has 1 rings (SSSR count). The highest BCUT2D eigenvalue weighted by molar-refractivity contribution is 6.30. The Morgan fingerprint density at radius 3 is 2.12 bits per heavy atom. The van der Waals surface area contributed by atoms with Crippen molar-refractivity contribution in [1.82, 2.24) is 0 Å². The molecule has 0 aliphatic heterocycles. The van der Waals surface area contributed by atoms with Crippen molar-refractivity contribution >= 4 is 23.7 Å². The molecule has 1 aromatic carbocycles. The van der Waals surface area contributed by atoms with Crippen LogP contribution in [0.5, 0.6) is 0 Å². The van der Waals surface area contributed by atoms with E-state index in [1.807, 2.05) is 20.8 Å². The molecule has 5 nitrogen and oxygen atoms in total. The summed E-state index contributed by atoms with van der Waals surface area (Å²) in [5.41, 5.74) is 0.299. The first-order valence-corrected chi connectivity index (χ1v) is 8.24. The first-order chi connectivity index (χ1) is 11.1. The van der Waals surface area contributed by atoms with Crippen LogP contribution in [0.4, 0.5) is 4.79 Å². The van der Waals surface area contributed by atoms with Gasteiger partial charge < -0.3 is 14.2 Å². The molecule has 0 saturated heterocycles. The molecule has 6 heteroatoms. The number of rotatable bonds is 6. The maximum absolute atomic E-state index is 12.0. The van der Waals surface area contributed by atoms with Crippen LogP contribution in [0.15, 0.2) is 24.3 Å². The third-order valence-corrected chi connectivity index (χ3v) is 3.22. The first kappa shape index (κ1) is 20.3. The van der Waals surface area contributed by atoms with Crippen molar-refractivity contribution in [2.75, 3.05) is 6.61 Å². The van der Waals surface area contributed by atoms with E-state index < -0.39 is 24.3 Å². The van der Waals surface area contributed by atoms with Gasteiger partial charge in [-0.15, -0.1) is 0 Å². The van der Waals surface area contributed by atoms with Gasteiger partial charge in [-0.2, -0.15) is 0 Å². The standard InChI is InChI=1S/C18H25ClO5/c1-12(23-16(20)14-6-8-15(19)9-7-14)10-13(2)24-17(21)22-11-18(3,4)5/h6-9,12-13H,10-11H2,1-5H3. The summed E-state index contributed by atoms with van der Waals surface area (Å²) in [6.45, 7) is 9.63.